The first kappa shape index (κ1) is 19.2. The second kappa shape index (κ2) is 6.99. The maximum absolute atomic E-state index is 13.5. The van der Waals surface area contributed by atoms with Crippen LogP contribution in [0.1, 0.15) is 52.0 Å². The van der Waals surface area contributed by atoms with E-state index >= 15 is 0 Å². The third-order valence-electron chi connectivity index (χ3n) is 4.74. The van der Waals surface area contributed by atoms with Crippen molar-refractivity contribution in [3.63, 3.8) is 0 Å². The van der Waals surface area contributed by atoms with Crippen molar-refractivity contribution >= 4 is 6.09 Å². The van der Waals surface area contributed by atoms with Crippen molar-refractivity contribution in [2.75, 3.05) is 13.1 Å². The van der Waals surface area contributed by atoms with Gasteiger partial charge >= 0.3 is 6.09 Å². The van der Waals surface area contributed by atoms with Gasteiger partial charge in [-0.15, -0.1) is 0 Å². The van der Waals surface area contributed by atoms with Crippen LogP contribution < -0.4 is 0 Å². The molecule has 0 radical (unpaired) electrons. The molecule has 25 heavy (non-hydrogen) atoms. The summed E-state index contributed by atoms with van der Waals surface area (Å²) in [5.41, 5.74) is -0.879. The van der Waals surface area contributed by atoms with Crippen molar-refractivity contribution in [2.24, 2.45) is 5.41 Å². The zero-order valence-corrected chi connectivity index (χ0v) is 15.1. The van der Waals surface area contributed by atoms with E-state index in [0.29, 0.717) is 31.5 Å². The monoisotopic (exact) mass is 350 g/mol. The van der Waals surface area contributed by atoms with Crippen LogP contribution in [0.2, 0.25) is 0 Å². The Kier molecular flexibility index (Phi) is 5.36. The number of hydrogen-bond acceptors (Lipinski definition) is 3. The molecular weight excluding hydrogens is 326 g/mol. The quantitative estimate of drug-likeness (QED) is 0.783. The lowest BCUT2D eigenvalue weighted by atomic mass is 9.68. The Labute approximate surface area is 147 Å². The van der Waals surface area contributed by atoms with Crippen LogP contribution in [0.5, 0.6) is 0 Å². The van der Waals surface area contributed by atoms with Gasteiger partial charge < -0.3 is 9.64 Å². The lowest BCUT2D eigenvalue weighted by molar-refractivity contribution is 0.0132. The second-order valence-corrected chi connectivity index (χ2v) is 7.66. The van der Waals surface area contributed by atoms with Crippen LogP contribution >= 0.6 is 0 Å². The van der Waals surface area contributed by atoms with E-state index in [1.165, 1.54) is 12.1 Å². The van der Waals surface area contributed by atoms with Gasteiger partial charge in [-0.25, -0.2) is 13.6 Å². The van der Waals surface area contributed by atoms with Crippen LogP contribution in [-0.4, -0.2) is 29.7 Å². The van der Waals surface area contributed by atoms with E-state index in [1.54, 1.807) is 32.6 Å². The van der Waals surface area contributed by atoms with Crippen LogP contribution in [0, 0.1) is 28.4 Å². The molecule has 0 spiro atoms. The summed E-state index contributed by atoms with van der Waals surface area (Å²) in [7, 11) is 0. The molecule has 1 saturated heterocycles. The van der Waals surface area contributed by atoms with Crippen LogP contribution in [-0.2, 0) is 4.74 Å². The van der Waals surface area contributed by atoms with Gasteiger partial charge in [0.25, 0.3) is 0 Å². The minimum absolute atomic E-state index is 0.344. The number of carbonyl (C=O) groups excluding carboxylic acids is 1. The molecule has 1 heterocycles. The molecule has 6 heteroatoms. The summed E-state index contributed by atoms with van der Waals surface area (Å²) in [6, 6.07) is 5.70. The fourth-order valence-corrected chi connectivity index (χ4v) is 3.20. The van der Waals surface area contributed by atoms with E-state index in [4.69, 9.17) is 4.74 Å². The lowest BCUT2D eigenvalue weighted by Crippen LogP contribution is -2.46. The normalized spacial score (nSPS) is 18.4. The zero-order valence-electron chi connectivity index (χ0n) is 15.1. The zero-order chi connectivity index (χ0) is 18.8. The Morgan fingerprint density at radius 3 is 2.20 bits per heavy atom. The molecule has 4 nitrogen and oxygen atoms in total. The summed E-state index contributed by atoms with van der Waals surface area (Å²) in [5, 5.41) is 9.75. The van der Waals surface area contributed by atoms with Gasteiger partial charge in [-0.2, -0.15) is 5.26 Å². The topological polar surface area (TPSA) is 53.3 Å². The maximum Gasteiger partial charge on any atom is 0.410 e. The highest BCUT2D eigenvalue weighted by molar-refractivity contribution is 5.68. The van der Waals surface area contributed by atoms with E-state index in [9.17, 15) is 18.8 Å². The van der Waals surface area contributed by atoms with Crippen molar-refractivity contribution in [2.45, 2.75) is 52.1 Å². The Hall–Kier alpha value is -2.16. The van der Waals surface area contributed by atoms with E-state index in [0.717, 1.165) is 6.07 Å². The molecular formula is C19H24F2N2O2. The molecule has 1 fully saturated rings. The molecule has 1 aromatic rings. The first-order valence-corrected chi connectivity index (χ1v) is 8.41. The van der Waals surface area contributed by atoms with Crippen LogP contribution in [0.15, 0.2) is 18.2 Å². The molecule has 0 aromatic heterocycles. The van der Waals surface area contributed by atoms with Crippen LogP contribution in [0.25, 0.3) is 0 Å². The molecule has 1 amide bonds. The number of halogens is 2. The van der Waals surface area contributed by atoms with Crippen molar-refractivity contribution in [1.82, 2.24) is 4.90 Å². The largest absolute Gasteiger partial charge is 0.444 e. The molecule has 1 aliphatic rings. The van der Waals surface area contributed by atoms with Gasteiger partial charge in [-0.3, -0.25) is 0 Å². The van der Waals surface area contributed by atoms with Gasteiger partial charge in [-0.1, -0.05) is 6.92 Å². The molecule has 0 bridgehead atoms. The van der Waals surface area contributed by atoms with Gasteiger partial charge in [0, 0.05) is 25.1 Å². The number of benzene rings is 1. The highest BCUT2D eigenvalue weighted by Gasteiger charge is 2.42. The summed E-state index contributed by atoms with van der Waals surface area (Å²) in [6.07, 6.45) is 0.466. The number of nitrogens with zero attached hydrogens (tertiary/aromatic N) is 2. The highest BCUT2D eigenvalue weighted by atomic mass is 19.1. The fourth-order valence-electron chi connectivity index (χ4n) is 3.20. The molecule has 1 atom stereocenters. The van der Waals surface area contributed by atoms with Gasteiger partial charge in [0.05, 0.1) is 11.5 Å². The van der Waals surface area contributed by atoms with E-state index in [1.807, 2.05) is 0 Å². The molecule has 1 unspecified atom stereocenters. The first-order chi connectivity index (χ1) is 11.6. The summed E-state index contributed by atoms with van der Waals surface area (Å²) < 4.78 is 32.4. The van der Waals surface area contributed by atoms with Gasteiger partial charge in [-0.05, 0) is 51.3 Å². The number of ether oxygens (including phenoxy) is 1. The number of amides is 1. The van der Waals surface area contributed by atoms with Crippen LogP contribution in [0.3, 0.4) is 0 Å². The molecule has 0 aliphatic carbocycles. The van der Waals surface area contributed by atoms with E-state index in [-0.39, 0.29) is 5.92 Å². The smallest absolute Gasteiger partial charge is 0.410 e. The SMILES string of the molecule is CC(c1cc(F)cc(F)c1)C1(C#N)CCN(C(=O)OC(C)(C)C)CC1. The predicted octanol–water partition coefficient (Wildman–Crippen LogP) is 4.61. The van der Waals surface area contributed by atoms with Crippen molar-refractivity contribution < 1.29 is 18.3 Å². The number of hydrogen-bond donors (Lipinski definition) is 0. The number of likely N-dealkylation sites (tertiary alicyclic amines) is 1. The summed E-state index contributed by atoms with van der Waals surface area (Å²) in [5.74, 6) is -1.65. The molecule has 0 N–H and O–H groups in total. The molecule has 1 aliphatic heterocycles. The average Bonchev–Trinajstić information content (AvgIpc) is 2.51. The molecule has 0 saturated carbocycles. The minimum atomic E-state index is -0.765. The maximum atomic E-state index is 13.5. The van der Waals surface area contributed by atoms with Crippen molar-refractivity contribution in [3.8, 4) is 6.07 Å². The third kappa shape index (κ3) is 4.47. The number of rotatable bonds is 2. The van der Waals surface area contributed by atoms with E-state index < -0.39 is 28.7 Å². The first-order valence-electron chi connectivity index (χ1n) is 8.41. The van der Waals surface area contributed by atoms with Gasteiger partial charge in [0.2, 0.25) is 0 Å². The Balaban J connectivity index is 2.13. The van der Waals surface area contributed by atoms with Crippen molar-refractivity contribution in [3.05, 3.63) is 35.4 Å². The Bertz CT molecular complexity index is 663. The summed E-state index contributed by atoms with van der Waals surface area (Å²) in [4.78, 5) is 13.7. The van der Waals surface area contributed by atoms with Crippen molar-refractivity contribution in [1.29, 1.82) is 5.26 Å². The second-order valence-electron chi connectivity index (χ2n) is 7.66. The van der Waals surface area contributed by atoms with Gasteiger partial charge in [0.15, 0.2) is 0 Å². The summed E-state index contributed by atoms with van der Waals surface area (Å²) >= 11 is 0. The number of piperidine rings is 1. The Morgan fingerprint density at radius 1 is 1.24 bits per heavy atom. The third-order valence-corrected chi connectivity index (χ3v) is 4.74. The molecule has 1 aromatic carbocycles. The number of carbonyl (C=O) groups is 1. The average molecular weight is 350 g/mol. The minimum Gasteiger partial charge on any atom is -0.444 e. The standard InChI is InChI=1S/C19H24F2N2O2/c1-13(14-9-15(20)11-16(21)10-14)19(12-22)5-7-23(8-6-19)17(24)25-18(2,3)4/h9-11,13H,5-8H2,1-4H3. The summed E-state index contributed by atoms with van der Waals surface area (Å²) in [6.45, 7) is 7.97. The predicted molar refractivity (Wildman–Crippen MR) is 89.9 cm³/mol. The number of nitriles is 1. The lowest BCUT2D eigenvalue weighted by Gasteiger charge is -2.41. The van der Waals surface area contributed by atoms with Gasteiger partial charge in [0.1, 0.15) is 17.2 Å². The Morgan fingerprint density at radius 2 is 1.76 bits per heavy atom. The molecule has 2 rings (SSSR count). The fraction of sp³-hybridized carbons (Fsp3) is 0.579. The highest BCUT2D eigenvalue weighted by Crippen LogP contribution is 2.44. The molecule has 136 valence electrons. The van der Waals surface area contributed by atoms with E-state index in [2.05, 4.69) is 6.07 Å². The van der Waals surface area contributed by atoms with Crippen LogP contribution in [0.4, 0.5) is 13.6 Å².